The number of carbonyl (C=O) groups excluding carboxylic acids is 2. The maximum absolute atomic E-state index is 12.3. The van der Waals surface area contributed by atoms with Crippen LogP contribution in [0.15, 0.2) is 36.5 Å². The molecule has 0 radical (unpaired) electrons. The molecule has 1 aliphatic heterocycles. The molecule has 0 N–H and O–H groups in total. The van der Waals surface area contributed by atoms with E-state index in [4.69, 9.17) is 11.6 Å². The first-order valence-corrected chi connectivity index (χ1v) is 6.52. The predicted molar refractivity (Wildman–Crippen MR) is 74.6 cm³/mol. The van der Waals surface area contributed by atoms with E-state index in [9.17, 15) is 9.59 Å². The van der Waals surface area contributed by atoms with Gasteiger partial charge in [0, 0.05) is 6.20 Å². The summed E-state index contributed by atoms with van der Waals surface area (Å²) in [7, 11) is 0. The van der Waals surface area contributed by atoms with Gasteiger partial charge in [0.15, 0.2) is 0 Å². The number of carbonyl (C=O) groups is 2. The topological polar surface area (TPSA) is 50.3 Å². The maximum Gasteiger partial charge on any atom is 0.261 e. The summed E-state index contributed by atoms with van der Waals surface area (Å²) in [5.41, 5.74) is 2.51. The van der Waals surface area contributed by atoms with Crippen LogP contribution in [0, 0.1) is 6.92 Å². The molecule has 2 aromatic rings. The number of imide groups is 1. The molecule has 5 heteroatoms. The lowest BCUT2D eigenvalue weighted by atomic mass is 10.1. The normalized spacial score (nSPS) is 13.8. The van der Waals surface area contributed by atoms with Crippen LogP contribution >= 0.6 is 11.6 Å². The Bertz CT molecular complexity index is 693. The van der Waals surface area contributed by atoms with Gasteiger partial charge in [-0.25, -0.2) is 4.98 Å². The van der Waals surface area contributed by atoms with E-state index >= 15 is 0 Å². The molecule has 0 spiro atoms. The van der Waals surface area contributed by atoms with Crippen LogP contribution in [0.4, 0.5) is 0 Å². The number of hydrogen-bond acceptors (Lipinski definition) is 3. The first-order chi connectivity index (χ1) is 9.59. The van der Waals surface area contributed by atoms with Crippen molar-refractivity contribution in [2.24, 2.45) is 0 Å². The Balaban J connectivity index is 1.96. The van der Waals surface area contributed by atoms with Gasteiger partial charge in [0.05, 0.1) is 17.7 Å². The summed E-state index contributed by atoms with van der Waals surface area (Å²) in [4.78, 5) is 29.7. The molecule has 4 nitrogen and oxygen atoms in total. The Morgan fingerprint density at radius 1 is 1.10 bits per heavy atom. The highest BCUT2D eigenvalue weighted by atomic mass is 35.5. The number of aromatic nitrogens is 1. The second-order valence-electron chi connectivity index (χ2n) is 4.63. The fourth-order valence-electron chi connectivity index (χ4n) is 2.27. The van der Waals surface area contributed by atoms with Crippen LogP contribution in [0.1, 0.15) is 31.8 Å². The van der Waals surface area contributed by atoms with E-state index in [1.807, 2.05) is 6.92 Å². The van der Waals surface area contributed by atoms with Crippen molar-refractivity contribution in [3.8, 4) is 0 Å². The molecule has 0 saturated heterocycles. The molecule has 0 bridgehead atoms. The Labute approximate surface area is 121 Å². The third-order valence-corrected chi connectivity index (χ3v) is 3.84. The van der Waals surface area contributed by atoms with Gasteiger partial charge in [0.2, 0.25) is 0 Å². The summed E-state index contributed by atoms with van der Waals surface area (Å²) in [6.45, 7) is 2.03. The molecular weight excluding hydrogens is 276 g/mol. The average Bonchev–Trinajstić information content (AvgIpc) is 2.69. The van der Waals surface area contributed by atoms with E-state index in [1.165, 1.54) is 4.90 Å². The fraction of sp³-hybridized carbons (Fsp3) is 0.133. The second kappa shape index (κ2) is 4.72. The molecule has 0 aliphatic carbocycles. The van der Waals surface area contributed by atoms with E-state index in [0.29, 0.717) is 16.3 Å². The number of benzene rings is 1. The van der Waals surface area contributed by atoms with Crippen molar-refractivity contribution in [2.75, 3.05) is 0 Å². The molecular formula is C15H11ClN2O2. The quantitative estimate of drug-likeness (QED) is 0.630. The molecule has 0 atom stereocenters. The molecule has 0 fully saturated rings. The van der Waals surface area contributed by atoms with Gasteiger partial charge < -0.3 is 0 Å². The molecule has 1 aromatic carbocycles. The standard InChI is InChI=1S/C15H11ClN2O2/c1-9-10(6-7-17-13(9)16)8-18-14(19)11-4-2-3-5-12(11)15(18)20/h2-7H,8H2,1H3. The number of nitrogens with zero attached hydrogens (tertiary/aromatic N) is 2. The minimum Gasteiger partial charge on any atom is -0.270 e. The first-order valence-electron chi connectivity index (χ1n) is 6.15. The van der Waals surface area contributed by atoms with Crippen molar-refractivity contribution in [2.45, 2.75) is 13.5 Å². The lowest BCUT2D eigenvalue weighted by Gasteiger charge is -2.15. The zero-order valence-corrected chi connectivity index (χ0v) is 11.5. The van der Waals surface area contributed by atoms with Crippen LogP contribution in [0.3, 0.4) is 0 Å². The third kappa shape index (κ3) is 1.89. The van der Waals surface area contributed by atoms with Crippen molar-refractivity contribution >= 4 is 23.4 Å². The minimum absolute atomic E-state index is 0.209. The molecule has 2 amide bonds. The molecule has 0 unspecified atom stereocenters. The van der Waals surface area contributed by atoms with E-state index in [-0.39, 0.29) is 18.4 Å². The van der Waals surface area contributed by atoms with Gasteiger partial charge in [-0.3, -0.25) is 14.5 Å². The van der Waals surface area contributed by atoms with Crippen molar-refractivity contribution in [1.82, 2.24) is 9.88 Å². The van der Waals surface area contributed by atoms with Crippen LogP contribution in [-0.4, -0.2) is 21.7 Å². The van der Waals surface area contributed by atoms with Gasteiger partial charge >= 0.3 is 0 Å². The van der Waals surface area contributed by atoms with Crippen LogP contribution in [0.25, 0.3) is 0 Å². The van der Waals surface area contributed by atoms with Gasteiger partial charge in [-0.05, 0) is 36.2 Å². The number of pyridine rings is 1. The number of fused-ring (bicyclic) bond motifs is 1. The highest BCUT2D eigenvalue weighted by Crippen LogP contribution is 2.26. The number of halogens is 1. The summed E-state index contributed by atoms with van der Waals surface area (Å²) in [5.74, 6) is -0.532. The highest BCUT2D eigenvalue weighted by Gasteiger charge is 2.35. The van der Waals surface area contributed by atoms with Crippen LogP contribution in [-0.2, 0) is 6.54 Å². The monoisotopic (exact) mass is 286 g/mol. The molecule has 20 heavy (non-hydrogen) atoms. The van der Waals surface area contributed by atoms with Gasteiger partial charge in [-0.1, -0.05) is 23.7 Å². The summed E-state index contributed by atoms with van der Waals surface area (Å²) in [6, 6.07) is 8.61. The Morgan fingerprint density at radius 2 is 1.70 bits per heavy atom. The molecule has 1 aliphatic rings. The van der Waals surface area contributed by atoms with Crippen LogP contribution < -0.4 is 0 Å². The van der Waals surface area contributed by atoms with E-state index in [0.717, 1.165) is 11.1 Å². The van der Waals surface area contributed by atoms with Gasteiger partial charge in [0.1, 0.15) is 5.15 Å². The predicted octanol–water partition coefficient (Wildman–Crippen LogP) is 2.84. The molecule has 100 valence electrons. The fourth-order valence-corrected chi connectivity index (χ4v) is 2.45. The minimum atomic E-state index is -0.266. The largest absolute Gasteiger partial charge is 0.270 e. The summed E-state index contributed by atoms with van der Waals surface area (Å²) in [5, 5.41) is 0.388. The lowest BCUT2D eigenvalue weighted by molar-refractivity contribution is 0.0642. The number of rotatable bonds is 2. The van der Waals surface area contributed by atoms with Gasteiger partial charge in [-0.15, -0.1) is 0 Å². The number of hydrogen-bond donors (Lipinski definition) is 0. The third-order valence-electron chi connectivity index (χ3n) is 3.46. The van der Waals surface area contributed by atoms with Crippen molar-refractivity contribution in [3.63, 3.8) is 0 Å². The number of amides is 2. The Hall–Kier alpha value is -2.20. The molecule has 1 aromatic heterocycles. The first kappa shape index (κ1) is 12.8. The summed E-state index contributed by atoms with van der Waals surface area (Å²) >= 11 is 5.96. The molecule has 3 rings (SSSR count). The van der Waals surface area contributed by atoms with E-state index in [1.54, 1.807) is 36.5 Å². The Kier molecular flexibility index (Phi) is 3.03. The molecule has 0 saturated carbocycles. The van der Waals surface area contributed by atoms with Gasteiger partial charge in [0.25, 0.3) is 11.8 Å². The van der Waals surface area contributed by atoms with Crippen LogP contribution in [0.5, 0.6) is 0 Å². The van der Waals surface area contributed by atoms with Crippen molar-refractivity contribution in [3.05, 3.63) is 63.9 Å². The zero-order valence-electron chi connectivity index (χ0n) is 10.8. The second-order valence-corrected chi connectivity index (χ2v) is 4.99. The average molecular weight is 287 g/mol. The highest BCUT2D eigenvalue weighted by molar-refractivity contribution is 6.30. The van der Waals surface area contributed by atoms with Gasteiger partial charge in [-0.2, -0.15) is 0 Å². The summed E-state index contributed by atoms with van der Waals surface area (Å²) < 4.78 is 0. The molecule has 2 heterocycles. The van der Waals surface area contributed by atoms with E-state index in [2.05, 4.69) is 4.98 Å². The Morgan fingerprint density at radius 3 is 2.30 bits per heavy atom. The van der Waals surface area contributed by atoms with Crippen molar-refractivity contribution in [1.29, 1.82) is 0 Å². The van der Waals surface area contributed by atoms with Crippen molar-refractivity contribution < 1.29 is 9.59 Å². The lowest BCUT2D eigenvalue weighted by Crippen LogP contribution is -2.29. The zero-order chi connectivity index (χ0) is 14.3. The summed E-state index contributed by atoms with van der Waals surface area (Å²) in [6.07, 6.45) is 1.57. The van der Waals surface area contributed by atoms with Crippen LogP contribution in [0.2, 0.25) is 5.15 Å². The van der Waals surface area contributed by atoms with E-state index < -0.39 is 0 Å². The SMILES string of the molecule is Cc1c(CN2C(=O)c3ccccc3C2=O)ccnc1Cl. The smallest absolute Gasteiger partial charge is 0.261 e. The maximum atomic E-state index is 12.3.